The minimum absolute atomic E-state index is 0.0143. The van der Waals surface area contributed by atoms with Crippen LogP contribution in [-0.2, 0) is 12.5 Å². The van der Waals surface area contributed by atoms with Gasteiger partial charge in [0.2, 0.25) is 0 Å². The highest BCUT2D eigenvalue weighted by Gasteiger charge is 2.34. The normalized spacial score (nSPS) is 13.2. The van der Waals surface area contributed by atoms with Gasteiger partial charge in [-0.05, 0) is 35.0 Å². The molecule has 1 unspecified atom stereocenters. The van der Waals surface area contributed by atoms with Crippen molar-refractivity contribution in [3.05, 3.63) is 74.5 Å². The lowest BCUT2D eigenvalue weighted by molar-refractivity contribution is 0.0938. The molecule has 0 bridgehead atoms. The van der Waals surface area contributed by atoms with Gasteiger partial charge >= 0.3 is 0 Å². The maximum Gasteiger partial charge on any atom is 0.273 e. The Morgan fingerprint density at radius 2 is 2.16 bits per heavy atom. The zero-order valence-electron chi connectivity index (χ0n) is 16.4. The van der Waals surface area contributed by atoms with E-state index in [-0.39, 0.29) is 23.6 Å². The maximum atomic E-state index is 14.0. The number of thiazole rings is 1. The second-order valence-electron chi connectivity index (χ2n) is 7.10. The largest absolute Gasteiger partial charge is 0.355 e. The molecule has 1 atom stereocenters. The number of hydrogen-bond acceptors (Lipinski definition) is 6. The molecule has 0 aliphatic heterocycles. The lowest BCUT2D eigenvalue weighted by atomic mass is 9.81. The fourth-order valence-corrected chi connectivity index (χ4v) is 4.24. The van der Waals surface area contributed by atoms with Gasteiger partial charge < -0.3 is 9.84 Å². The fraction of sp³-hybridized carbons (Fsp3) is 0.200. The van der Waals surface area contributed by atoms with Crippen LogP contribution in [0.3, 0.4) is 0 Å². The molecule has 3 aromatic heterocycles. The van der Waals surface area contributed by atoms with E-state index in [0.717, 1.165) is 27.3 Å². The Morgan fingerprint density at radius 1 is 1.35 bits per heavy atom. The summed E-state index contributed by atoms with van der Waals surface area (Å²) in [5.74, 6) is -1.98. The van der Waals surface area contributed by atoms with E-state index in [2.05, 4.69) is 36.5 Å². The van der Waals surface area contributed by atoms with Crippen molar-refractivity contribution in [2.75, 3.05) is 6.54 Å². The summed E-state index contributed by atoms with van der Waals surface area (Å²) in [6.07, 6.45) is 3.59. The molecule has 3 heterocycles. The van der Waals surface area contributed by atoms with Crippen LogP contribution in [0.5, 0.6) is 0 Å². The Bertz CT molecular complexity index is 1210. The molecule has 0 saturated heterocycles. The Kier molecular flexibility index (Phi) is 5.71. The van der Waals surface area contributed by atoms with Gasteiger partial charge in [-0.15, -0.1) is 11.3 Å². The van der Waals surface area contributed by atoms with Crippen molar-refractivity contribution in [2.24, 2.45) is 7.05 Å². The van der Waals surface area contributed by atoms with Gasteiger partial charge in [0.1, 0.15) is 11.6 Å². The molecule has 0 aliphatic carbocycles. The second-order valence-corrected chi connectivity index (χ2v) is 9.24. The number of hydrogen-bond donors (Lipinski definition) is 1. The number of carbonyl (C=O) groups excluding carboxylic acids is 1. The molecule has 160 valence electrons. The van der Waals surface area contributed by atoms with Crippen LogP contribution in [0.2, 0.25) is 0 Å². The average Bonchev–Trinajstić information content (AvgIpc) is 3.47. The first-order chi connectivity index (χ1) is 14.8. The predicted octanol–water partition coefficient (Wildman–Crippen LogP) is 4.31. The van der Waals surface area contributed by atoms with E-state index in [1.54, 1.807) is 10.9 Å². The number of carbonyl (C=O) groups is 1. The van der Waals surface area contributed by atoms with E-state index in [1.807, 2.05) is 25.5 Å². The summed E-state index contributed by atoms with van der Waals surface area (Å²) < 4.78 is 34.6. The van der Waals surface area contributed by atoms with Gasteiger partial charge in [0.15, 0.2) is 15.4 Å². The highest BCUT2D eigenvalue weighted by atomic mass is 79.9. The third-order valence-electron chi connectivity index (χ3n) is 4.93. The Labute approximate surface area is 188 Å². The standard InChI is InChI=1S/C20H16BrF2N5O2S/c1-20(11-7-25-28(2)8-11,17-9-31-19(21)26-17)10-24-18(29)15-6-16(30-27-15)13-4-3-12(22)5-14(13)23/h3-9H,10H2,1-2H3,(H,24,29). The van der Waals surface area contributed by atoms with Crippen LogP contribution in [-0.4, -0.2) is 32.4 Å². The Balaban J connectivity index is 1.56. The van der Waals surface area contributed by atoms with Gasteiger partial charge in [-0.1, -0.05) is 5.16 Å². The van der Waals surface area contributed by atoms with Gasteiger partial charge in [0, 0.05) is 42.9 Å². The zero-order valence-corrected chi connectivity index (χ0v) is 18.8. The van der Waals surface area contributed by atoms with Crippen molar-refractivity contribution in [1.82, 2.24) is 25.2 Å². The Hall–Kier alpha value is -2.92. The molecule has 1 N–H and O–H groups in total. The number of nitrogens with zero attached hydrogens (tertiary/aromatic N) is 4. The topological polar surface area (TPSA) is 85.8 Å². The number of benzene rings is 1. The highest BCUT2D eigenvalue weighted by molar-refractivity contribution is 9.11. The van der Waals surface area contributed by atoms with Crippen molar-refractivity contribution in [1.29, 1.82) is 0 Å². The summed E-state index contributed by atoms with van der Waals surface area (Å²) in [6.45, 7) is 2.16. The van der Waals surface area contributed by atoms with Crippen LogP contribution in [0.1, 0.15) is 28.7 Å². The van der Waals surface area contributed by atoms with Crippen molar-refractivity contribution >= 4 is 33.2 Å². The molecule has 7 nitrogen and oxygen atoms in total. The highest BCUT2D eigenvalue weighted by Crippen LogP contribution is 2.33. The van der Waals surface area contributed by atoms with E-state index < -0.39 is 23.0 Å². The first-order valence-electron chi connectivity index (χ1n) is 9.07. The van der Waals surface area contributed by atoms with Crippen molar-refractivity contribution in [3.8, 4) is 11.3 Å². The molecular formula is C20H16BrF2N5O2S. The zero-order chi connectivity index (χ0) is 22.2. The molecule has 4 rings (SSSR count). The molecule has 0 spiro atoms. The number of nitrogens with one attached hydrogen (secondary N) is 1. The lowest BCUT2D eigenvalue weighted by Gasteiger charge is -2.27. The van der Waals surface area contributed by atoms with Crippen LogP contribution in [0.4, 0.5) is 8.78 Å². The van der Waals surface area contributed by atoms with E-state index in [1.165, 1.54) is 23.5 Å². The van der Waals surface area contributed by atoms with Crippen LogP contribution in [0.15, 0.2) is 50.5 Å². The fourth-order valence-electron chi connectivity index (χ4n) is 3.10. The minimum atomic E-state index is -0.804. The third-order valence-corrected chi connectivity index (χ3v) is 6.29. The van der Waals surface area contributed by atoms with Crippen LogP contribution in [0.25, 0.3) is 11.3 Å². The molecule has 0 aliphatic rings. The van der Waals surface area contributed by atoms with E-state index in [9.17, 15) is 13.6 Å². The molecule has 4 aromatic rings. The summed E-state index contributed by atoms with van der Waals surface area (Å²) in [7, 11) is 1.81. The quantitative estimate of drug-likeness (QED) is 0.420. The molecule has 0 radical (unpaired) electrons. The average molecular weight is 508 g/mol. The van der Waals surface area contributed by atoms with Crippen LogP contribution >= 0.6 is 27.3 Å². The lowest BCUT2D eigenvalue weighted by Crippen LogP contribution is -2.39. The van der Waals surface area contributed by atoms with Crippen molar-refractivity contribution < 1.29 is 18.1 Å². The second kappa shape index (κ2) is 8.31. The van der Waals surface area contributed by atoms with E-state index >= 15 is 0 Å². The van der Waals surface area contributed by atoms with Gasteiger partial charge in [-0.25, -0.2) is 13.8 Å². The molecule has 1 amide bonds. The predicted molar refractivity (Wildman–Crippen MR) is 114 cm³/mol. The molecule has 0 saturated carbocycles. The van der Waals surface area contributed by atoms with Crippen molar-refractivity contribution in [3.63, 3.8) is 0 Å². The Morgan fingerprint density at radius 3 is 2.81 bits per heavy atom. The number of amides is 1. The molecular weight excluding hydrogens is 492 g/mol. The van der Waals surface area contributed by atoms with Gasteiger partial charge in [-0.2, -0.15) is 5.10 Å². The van der Waals surface area contributed by atoms with Crippen molar-refractivity contribution in [2.45, 2.75) is 12.3 Å². The summed E-state index contributed by atoms with van der Waals surface area (Å²) in [5, 5.41) is 12.7. The maximum absolute atomic E-state index is 14.0. The first kappa shape index (κ1) is 21.3. The SMILES string of the molecule is Cn1cc(C(C)(CNC(=O)c2cc(-c3ccc(F)cc3F)on2)c2csc(Br)n2)cn1. The summed E-state index contributed by atoms with van der Waals surface area (Å²) in [6, 6.07) is 4.38. The first-order valence-corrected chi connectivity index (χ1v) is 10.7. The number of halogens is 3. The van der Waals surface area contributed by atoms with Crippen LogP contribution < -0.4 is 5.32 Å². The van der Waals surface area contributed by atoms with Crippen LogP contribution in [0, 0.1) is 11.6 Å². The molecule has 0 fully saturated rings. The monoisotopic (exact) mass is 507 g/mol. The minimum Gasteiger partial charge on any atom is -0.355 e. The molecule has 11 heteroatoms. The van der Waals surface area contributed by atoms with Gasteiger partial charge in [0.05, 0.1) is 22.9 Å². The number of rotatable bonds is 6. The van der Waals surface area contributed by atoms with Gasteiger partial charge in [-0.3, -0.25) is 9.48 Å². The number of aromatic nitrogens is 4. The summed E-state index contributed by atoms with van der Waals surface area (Å²) in [4.78, 5) is 17.2. The summed E-state index contributed by atoms with van der Waals surface area (Å²) >= 11 is 4.82. The summed E-state index contributed by atoms with van der Waals surface area (Å²) in [5.41, 5.74) is 0.989. The molecule has 31 heavy (non-hydrogen) atoms. The smallest absolute Gasteiger partial charge is 0.273 e. The van der Waals surface area contributed by atoms with Gasteiger partial charge in [0.25, 0.3) is 5.91 Å². The molecule has 1 aromatic carbocycles. The third kappa shape index (κ3) is 4.28. The van der Waals surface area contributed by atoms with E-state index in [4.69, 9.17) is 4.52 Å². The van der Waals surface area contributed by atoms with E-state index in [0.29, 0.717) is 0 Å². The number of aryl methyl sites for hydroxylation is 1.